The molecule has 0 aliphatic heterocycles. The third kappa shape index (κ3) is 4.13. The molecule has 2 aromatic carbocycles. The molecule has 0 spiro atoms. The maximum absolute atomic E-state index is 12.9. The molecule has 0 aliphatic rings. The molecule has 3 aromatic rings. The summed E-state index contributed by atoms with van der Waals surface area (Å²) in [5.41, 5.74) is 1.08. The van der Waals surface area contributed by atoms with E-state index in [4.69, 9.17) is 16.3 Å². The Morgan fingerprint density at radius 2 is 2.04 bits per heavy atom. The Morgan fingerprint density at radius 1 is 1.28 bits per heavy atom. The Hall–Kier alpha value is -2.93. The van der Waals surface area contributed by atoms with Crippen LogP contribution < -0.4 is 10.1 Å². The van der Waals surface area contributed by atoms with Gasteiger partial charge in [0.15, 0.2) is 6.10 Å². The van der Waals surface area contributed by atoms with Gasteiger partial charge in [0.1, 0.15) is 24.2 Å². The predicted molar refractivity (Wildman–Crippen MR) is 91.5 cm³/mol. The molecule has 25 heavy (non-hydrogen) atoms. The van der Waals surface area contributed by atoms with E-state index in [0.29, 0.717) is 22.1 Å². The second-order valence-electron chi connectivity index (χ2n) is 5.20. The van der Waals surface area contributed by atoms with Crippen molar-refractivity contribution in [1.29, 1.82) is 0 Å². The van der Waals surface area contributed by atoms with E-state index in [1.807, 2.05) is 0 Å². The molecule has 1 N–H and O–H groups in total. The first kappa shape index (κ1) is 16.9. The van der Waals surface area contributed by atoms with Gasteiger partial charge < -0.3 is 10.1 Å². The number of aromatic nitrogens is 3. The van der Waals surface area contributed by atoms with Gasteiger partial charge in [-0.1, -0.05) is 11.6 Å². The number of benzene rings is 2. The van der Waals surface area contributed by atoms with Crippen LogP contribution in [-0.2, 0) is 4.79 Å². The normalized spacial score (nSPS) is 11.8. The van der Waals surface area contributed by atoms with Gasteiger partial charge >= 0.3 is 0 Å². The number of halogens is 2. The largest absolute Gasteiger partial charge is 0.481 e. The number of carbonyl (C=O) groups is 1. The lowest BCUT2D eigenvalue weighted by molar-refractivity contribution is -0.122. The van der Waals surface area contributed by atoms with E-state index in [9.17, 15) is 9.18 Å². The summed E-state index contributed by atoms with van der Waals surface area (Å²) in [7, 11) is 0. The summed E-state index contributed by atoms with van der Waals surface area (Å²) in [5.74, 6) is -0.361. The minimum absolute atomic E-state index is 0.374. The van der Waals surface area contributed by atoms with Gasteiger partial charge in [-0.05, 0) is 49.4 Å². The Morgan fingerprint density at radius 3 is 2.72 bits per heavy atom. The Labute approximate surface area is 148 Å². The summed E-state index contributed by atoms with van der Waals surface area (Å²) in [6, 6.07) is 10.5. The smallest absolute Gasteiger partial charge is 0.265 e. The summed E-state index contributed by atoms with van der Waals surface area (Å²) in [6.45, 7) is 1.60. The first-order valence-electron chi connectivity index (χ1n) is 7.40. The van der Waals surface area contributed by atoms with Crippen molar-refractivity contribution in [2.24, 2.45) is 0 Å². The number of nitrogens with zero attached hydrogens (tertiary/aromatic N) is 3. The van der Waals surface area contributed by atoms with Gasteiger partial charge in [-0.3, -0.25) is 4.79 Å². The van der Waals surface area contributed by atoms with Crippen molar-refractivity contribution >= 4 is 23.2 Å². The van der Waals surface area contributed by atoms with Crippen LogP contribution in [0.4, 0.5) is 10.1 Å². The molecule has 1 aromatic heterocycles. The number of anilines is 1. The van der Waals surface area contributed by atoms with Crippen LogP contribution in [0.15, 0.2) is 55.1 Å². The minimum atomic E-state index is -0.798. The molecule has 1 atom stereocenters. The molecule has 0 radical (unpaired) electrons. The second-order valence-corrected chi connectivity index (χ2v) is 5.64. The Kier molecular flexibility index (Phi) is 4.95. The number of nitrogens with one attached hydrogen (secondary N) is 1. The molecular formula is C17H14ClFN4O2. The van der Waals surface area contributed by atoms with Gasteiger partial charge in [0.05, 0.1) is 11.4 Å². The zero-order valence-corrected chi connectivity index (χ0v) is 13.9. The fourth-order valence-corrected chi connectivity index (χ4v) is 2.32. The van der Waals surface area contributed by atoms with Crippen molar-refractivity contribution in [2.45, 2.75) is 13.0 Å². The molecule has 8 heteroatoms. The zero-order chi connectivity index (χ0) is 17.8. The van der Waals surface area contributed by atoms with E-state index >= 15 is 0 Å². The van der Waals surface area contributed by atoms with Gasteiger partial charge in [-0.15, -0.1) is 0 Å². The minimum Gasteiger partial charge on any atom is -0.481 e. The maximum Gasteiger partial charge on any atom is 0.265 e. The lowest BCUT2D eigenvalue weighted by Crippen LogP contribution is -2.30. The quantitative estimate of drug-likeness (QED) is 0.756. The highest BCUT2D eigenvalue weighted by Crippen LogP contribution is 2.24. The Bertz CT molecular complexity index is 869. The lowest BCUT2D eigenvalue weighted by atomic mass is 10.2. The average Bonchev–Trinajstić information content (AvgIpc) is 3.11. The predicted octanol–water partition coefficient (Wildman–Crippen LogP) is 3.47. The highest BCUT2D eigenvalue weighted by molar-refractivity contribution is 6.31. The molecule has 0 bridgehead atoms. The van der Waals surface area contributed by atoms with Gasteiger partial charge in [-0.2, -0.15) is 5.10 Å². The third-order valence-corrected chi connectivity index (χ3v) is 3.61. The molecule has 6 nitrogen and oxygen atoms in total. The van der Waals surface area contributed by atoms with Crippen molar-refractivity contribution in [3.63, 3.8) is 0 Å². The van der Waals surface area contributed by atoms with Crippen LogP contribution in [0.25, 0.3) is 5.69 Å². The van der Waals surface area contributed by atoms with Crippen LogP contribution >= 0.6 is 11.6 Å². The maximum atomic E-state index is 12.9. The van der Waals surface area contributed by atoms with Crippen LogP contribution in [0.3, 0.4) is 0 Å². The Balaban J connectivity index is 1.76. The summed E-state index contributed by atoms with van der Waals surface area (Å²) < 4.78 is 20.0. The monoisotopic (exact) mass is 360 g/mol. The summed E-state index contributed by atoms with van der Waals surface area (Å²) >= 11 is 6.02. The topological polar surface area (TPSA) is 69.0 Å². The molecule has 1 amide bonds. The van der Waals surface area contributed by atoms with Gasteiger partial charge in [-0.25, -0.2) is 14.1 Å². The fourth-order valence-electron chi connectivity index (χ4n) is 2.15. The molecule has 3 rings (SSSR count). The van der Waals surface area contributed by atoms with Crippen molar-refractivity contribution in [1.82, 2.24) is 14.8 Å². The summed E-state index contributed by atoms with van der Waals surface area (Å²) in [4.78, 5) is 16.3. The van der Waals surface area contributed by atoms with E-state index in [2.05, 4.69) is 15.4 Å². The number of ether oxygens (including phenoxy) is 1. The van der Waals surface area contributed by atoms with E-state index in [1.165, 1.54) is 41.6 Å². The summed E-state index contributed by atoms with van der Waals surface area (Å²) in [5, 5.41) is 7.27. The number of amides is 1. The highest BCUT2D eigenvalue weighted by atomic mass is 35.5. The summed E-state index contributed by atoms with van der Waals surface area (Å²) in [6.07, 6.45) is 2.10. The first-order valence-corrected chi connectivity index (χ1v) is 7.78. The number of hydrogen-bond acceptors (Lipinski definition) is 4. The van der Waals surface area contributed by atoms with Gasteiger partial charge in [0, 0.05) is 5.02 Å². The molecular weight excluding hydrogens is 347 g/mol. The molecule has 128 valence electrons. The molecule has 1 heterocycles. The first-order chi connectivity index (χ1) is 12.0. The molecule has 0 aliphatic carbocycles. The van der Waals surface area contributed by atoms with E-state index in [0.717, 1.165) is 0 Å². The van der Waals surface area contributed by atoms with E-state index in [-0.39, 0.29) is 11.7 Å². The van der Waals surface area contributed by atoms with Crippen LogP contribution in [0, 0.1) is 5.82 Å². The van der Waals surface area contributed by atoms with Crippen LogP contribution in [0.5, 0.6) is 5.75 Å². The van der Waals surface area contributed by atoms with Crippen molar-refractivity contribution in [3.8, 4) is 11.4 Å². The average molecular weight is 361 g/mol. The number of carbonyl (C=O) groups excluding carboxylic acids is 1. The lowest BCUT2D eigenvalue weighted by Gasteiger charge is -2.16. The van der Waals surface area contributed by atoms with Crippen LogP contribution in [0.1, 0.15) is 6.92 Å². The van der Waals surface area contributed by atoms with E-state index < -0.39 is 6.10 Å². The second kappa shape index (κ2) is 7.31. The van der Waals surface area contributed by atoms with Crippen LogP contribution in [0.2, 0.25) is 5.02 Å². The van der Waals surface area contributed by atoms with Crippen molar-refractivity contribution in [3.05, 3.63) is 66.0 Å². The molecule has 0 fully saturated rings. The zero-order valence-electron chi connectivity index (χ0n) is 13.2. The highest BCUT2D eigenvalue weighted by Gasteiger charge is 2.17. The molecule has 0 saturated carbocycles. The van der Waals surface area contributed by atoms with Gasteiger partial charge in [0.2, 0.25) is 0 Å². The van der Waals surface area contributed by atoms with Gasteiger partial charge in [0.25, 0.3) is 5.91 Å². The van der Waals surface area contributed by atoms with Crippen molar-refractivity contribution < 1.29 is 13.9 Å². The third-order valence-electron chi connectivity index (χ3n) is 3.38. The number of rotatable bonds is 5. The standard InChI is InChI=1S/C17H14ClFN4O2/c1-11(25-14-5-3-13(19)4-6-14)17(24)22-15-8-12(18)2-7-16(15)23-10-20-9-21-23/h2-11H,1H3,(H,22,24)/t11-/m1/s1. The fraction of sp³-hybridized carbons (Fsp3) is 0.118. The molecule has 0 saturated heterocycles. The molecule has 0 unspecified atom stereocenters. The number of hydrogen-bond donors (Lipinski definition) is 1. The SMILES string of the molecule is C[C@@H](Oc1ccc(F)cc1)C(=O)Nc1cc(Cl)ccc1-n1cncn1. The van der Waals surface area contributed by atoms with E-state index in [1.54, 1.807) is 25.1 Å². The van der Waals surface area contributed by atoms with Crippen LogP contribution in [-0.4, -0.2) is 26.8 Å². The van der Waals surface area contributed by atoms with Crippen molar-refractivity contribution in [2.75, 3.05) is 5.32 Å².